The monoisotopic (exact) mass is 486 g/mol. The van der Waals surface area contributed by atoms with E-state index in [-0.39, 0.29) is 29.6 Å². The zero-order valence-corrected chi connectivity index (χ0v) is 19.8. The van der Waals surface area contributed by atoms with Gasteiger partial charge < -0.3 is 14.8 Å². The van der Waals surface area contributed by atoms with Crippen LogP contribution < -0.4 is 15.0 Å². The van der Waals surface area contributed by atoms with E-state index in [2.05, 4.69) is 5.32 Å². The van der Waals surface area contributed by atoms with E-state index >= 15 is 0 Å². The fraction of sp³-hybridized carbons (Fsp3) is 0.214. The molecule has 184 valence electrons. The Bertz CT molecular complexity index is 1240. The van der Waals surface area contributed by atoms with Crippen LogP contribution in [0.5, 0.6) is 5.75 Å². The zero-order chi connectivity index (χ0) is 25.5. The molecule has 1 heterocycles. The molecule has 4 rings (SSSR count). The molecule has 1 atom stereocenters. The lowest BCUT2D eigenvalue weighted by Crippen LogP contribution is -2.38. The van der Waals surface area contributed by atoms with Crippen molar-refractivity contribution in [3.05, 3.63) is 95.6 Å². The molecule has 3 aromatic rings. The Morgan fingerprint density at radius 2 is 1.58 bits per heavy atom. The second-order valence-electron chi connectivity index (χ2n) is 8.19. The summed E-state index contributed by atoms with van der Waals surface area (Å²) in [5.74, 6) is -1.03. The second-order valence-corrected chi connectivity index (χ2v) is 8.19. The SMILES string of the molecule is CCOc1ccc(C(=O)COC(=O)c2ccc(N3C(=O)CC(NCc4ccccc4)C3=O)cc2)cc1. The number of nitrogens with one attached hydrogen (secondary N) is 1. The number of imide groups is 1. The Morgan fingerprint density at radius 3 is 2.25 bits per heavy atom. The van der Waals surface area contributed by atoms with Gasteiger partial charge in [-0.05, 0) is 61.0 Å². The summed E-state index contributed by atoms with van der Waals surface area (Å²) in [6.45, 7) is 2.45. The smallest absolute Gasteiger partial charge is 0.338 e. The molecular formula is C28H26N2O6. The van der Waals surface area contributed by atoms with Crippen molar-refractivity contribution in [1.82, 2.24) is 5.32 Å². The number of amides is 2. The standard InChI is InChI=1S/C28H26N2O6/c1-2-35-23-14-10-20(11-15-23)25(31)18-36-28(34)21-8-12-22(13-9-21)30-26(32)16-24(27(30)33)29-17-19-6-4-3-5-7-19/h3-15,24,29H,2,16-18H2,1H3. The van der Waals surface area contributed by atoms with E-state index in [4.69, 9.17) is 9.47 Å². The fourth-order valence-corrected chi connectivity index (χ4v) is 3.85. The van der Waals surface area contributed by atoms with Crippen molar-refractivity contribution in [3.8, 4) is 5.75 Å². The minimum absolute atomic E-state index is 0.0587. The molecule has 2 amide bonds. The van der Waals surface area contributed by atoms with E-state index in [1.54, 1.807) is 24.3 Å². The Labute approximate surface area is 208 Å². The largest absolute Gasteiger partial charge is 0.494 e. The van der Waals surface area contributed by atoms with Crippen LogP contribution in [0.2, 0.25) is 0 Å². The highest BCUT2D eigenvalue weighted by atomic mass is 16.5. The minimum Gasteiger partial charge on any atom is -0.494 e. The van der Waals surface area contributed by atoms with Gasteiger partial charge in [-0.3, -0.25) is 14.4 Å². The third-order valence-electron chi connectivity index (χ3n) is 5.72. The van der Waals surface area contributed by atoms with Crippen molar-refractivity contribution in [2.24, 2.45) is 0 Å². The quantitative estimate of drug-likeness (QED) is 0.266. The molecule has 0 aliphatic carbocycles. The molecule has 1 N–H and O–H groups in total. The number of anilines is 1. The third-order valence-corrected chi connectivity index (χ3v) is 5.72. The lowest BCUT2D eigenvalue weighted by atomic mass is 10.1. The van der Waals surface area contributed by atoms with Crippen molar-refractivity contribution in [2.75, 3.05) is 18.1 Å². The molecule has 0 radical (unpaired) electrons. The fourth-order valence-electron chi connectivity index (χ4n) is 3.85. The number of nitrogens with zero attached hydrogens (tertiary/aromatic N) is 1. The summed E-state index contributed by atoms with van der Waals surface area (Å²) in [6, 6.07) is 21.5. The van der Waals surface area contributed by atoms with Crippen LogP contribution in [0.4, 0.5) is 5.69 Å². The van der Waals surface area contributed by atoms with Crippen LogP contribution in [-0.4, -0.2) is 42.8 Å². The lowest BCUT2D eigenvalue weighted by molar-refractivity contribution is -0.121. The van der Waals surface area contributed by atoms with Crippen molar-refractivity contribution in [1.29, 1.82) is 0 Å². The number of benzene rings is 3. The normalized spacial score (nSPS) is 15.1. The number of ketones is 1. The van der Waals surface area contributed by atoms with Crippen molar-refractivity contribution in [3.63, 3.8) is 0 Å². The first-order valence-electron chi connectivity index (χ1n) is 11.6. The van der Waals surface area contributed by atoms with E-state index in [0.717, 1.165) is 10.5 Å². The number of carbonyl (C=O) groups excluding carboxylic acids is 4. The summed E-state index contributed by atoms with van der Waals surface area (Å²) < 4.78 is 10.5. The number of hydrogen-bond acceptors (Lipinski definition) is 7. The summed E-state index contributed by atoms with van der Waals surface area (Å²) >= 11 is 0. The van der Waals surface area contributed by atoms with Gasteiger partial charge in [0.05, 0.1) is 30.3 Å². The first-order chi connectivity index (χ1) is 17.5. The first-order valence-corrected chi connectivity index (χ1v) is 11.6. The van der Waals surface area contributed by atoms with Gasteiger partial charge >= 0.3 is 5.97 Å². The summed E-state index contributed by atoms with van der Waals surface area (Å²) in [5.41, 5.74) is 2.00. The van der Waals surface area contributed by atoms with E-state index in [9.17, 15) is 19.2 Å². The number of esters is 1. The van der Waals surface area contributed by atoms with Gasteiger partial charge in [0.2, 0.25) is 5.91 Å². The summed E-state index contributed by atoms with van der Waals surface area (Å²) in [7, 11) is 0. The van der Waals surface area contributed by atoms with Gasteiger partial charge in [-0.1, -0.05) is 30.3 Å². The van der Waals surface area contributed by atoms with Crippen molar-refractivity contribution in [2.45, 2.75) is 25.9 Å². The van der Waals surface area contributed by atoms with Crippen molar-refractivity contribution >= 4 is 29.3 Å². The molecule has 8 heteroatoms. The predicted octanol–water partition coefficient (Wildman–Crippen LogP) is 3.55. The van der Waals surface area contributed by atoms with Crippen LogP contribution in [0.1, 0.15) is 39.6 Å². The van der Waals surface area contributed by atoms with Gasteiger partial charge in [-0.2, -0.15) is 0 Å². The molecule has 0 aromatic heterocycles. The van der Waals surface area contributed by atoms with Gasteiger partial charge in [0.25, 0.3) is 5.91 Å². The molecule has 1 aliphatic heterocycles. The third kappa shape index (κ3) is 5.84. The first kappa shape index (κ1) is 24.8. The molecule has 1 fully saturated rings. The van der Waals surface area contributed by atoms with Crippen LogP contribution >= 0.6 is 0 Å². The highest BCUT2D eigenvalue weighted by Gasteiger charge is 2.39. The van der Waals surface area contributed by atoms with Crippen LogP contribution in [0.25, 0.3) is 0 Å². The van der Waals surface area contributed by atoms with Crippen LogP contribution in [0.3, 0.4) is 0 Å². The molecule has 0 saturated carbocycles. The van der Waals surface area contributed by atoms with Gasteiger partial charge in [-0.15, -0.1) is 0 Å². The summed E-state index contributed by atoms with van der Waals surface area (Å²) in [4.78, 5) is 51.2. The number of carbonyl (C=O) groups is 4. The molecule has 0 spiro atoms. The van der Waals surface area contributed by atoms with E-state index in [0.29, 0.717) is 30.2 Å². The molecule has 8 nitrogen and oxygen atoms in total. The molecule has 1 saturated heterocycles. The van der Waals surface area contributed by atoms with Gasteiger partial charge in [0.1, 0.15) is 5.75 Å². The maximum atomic E-state index is 12.8. The Kier molecular flexibility index (Phi) is 7.87. The number of hydrogen-bond donors (Lipinski definition) is 1. The van der Waals surface area contributed by atoms with Gasteiger partial charge in [-0.25, -0.2) is 9.69 Å². The van der Waals surface area contributed by atoms with E-state index in [1.807, 2.05) is 37.3 Å². The maximum Gasteiger partial charge on any atom is 0.338 e. The highest BCUT2D eigenvalue weighted by molar-refractivity contribution is 6.22. The van der Waals surface area contributed by atoms with E-state index in [1.165, 1.54) is 24.3 Å². The Morgan fingerprint density at radius 1 is 0.917 bits per heavy atom. The number of ether oxygens (including phenoxy) is 2. The average Bonchev–Trinajstić information content (AvgIpc) is 3.19. The summed E-state index contributed by atoms with van der Waals surface area (Å²) in [6.07, 6.45) is 0.0587. The maximum absolute atomic E-state index is 12.8. The number of rotatable bonds is 10. The van der Waals surface area contributed by atoms with Crippen LogP contribution in [0.15, 0.2) is 78.9 Å². The second kappa shape index (κ2) is 11.4. The predicted molar refractivity (Wildman–Crippen MR) is 133 cm³/mol. The van der Waals surface area contributed by atoms with Crippen LogP contribution in [-0.2, 0) is 20.9 Å². The zero-order valence-electron chi connectivity index (χ0n) is 19.8. The molecular weight excluding hydrogens is 460 g/mol. The summed E-state index contributed by atoms with van der Waals surface area (Å²) in [5, 5.41) is 3.13. The molecule has 1 aliphatic rings. The molecule has 1 unspecified atom stereocenters. The number of Topliss-reactive ketones (excluding diaryl/α,β-unsaturated/α-hetero) is 1. The van der Waals surface area contributed by atoms with E-state index < -0.39 is 18.6 Å². The lowest BCUT2D eigenvalue weighted by Gasteiger charge is -2.16. The van der Waals surface area contributed by atoms with Crippen molar-refractivity contribution < 1.29 is 28.7 Å². The Hall–Kier alpha value is -4.30. The molecule has 3 aromatic carbocycles. The minimum atomic E-state index is -0.678. The van der Waals surface area contributed by atoms with Gasteiger partial charge in [0.15, 0.2) is 12.4 Å². The van der Waals surface area contributed by atoms with Gasteiger partial charge in [0, 0.05) is 12.1 Å². The highest BCUT2D eigenvalue weighted by Crippen LogP contribution is 2.24. The molecule has 36 heavy (non-hydrogen) atoms. The Balaban J connectivity index is 1.32. The molecule has 0 bridgehead atoms. The topological polar surface area (TPSA) is 102 Å². The average molecular weight is 487 g/mol. The van der Waals surface area contributed by atoms with Crippen LogP contribution in [0, 0.1) is 0 Å².